The third-order valence-corrected chi connectivity index (χ3v) is 3.06. The average Bonchev–Trinajstić information content (AvgIpc) is 2.78. The molecule has 1 fully saturated rings. The van der Waals surface area contributed by atoms with E-state index >= 15 is 0 Å². The van der Waals surface area contributed by atoms with Gasteiger partial charge in [-0.25, -0.2) is 4.98 Å². The average molecular weight is 193 g/mol. The molecule has 2 N–H and O–H groups in total. The molecule has 0 unspecified atom stereocenters. The Kier molecular flexibility index (Phi) is 2.03. The Morgan fingerprint density at radius 1 is 1.14 bits per heavy atom. The van der Waals surface area contributed by atoms with Crippen LogP contribution in [0.4, 0.5) is 0 Å². The van der Waals surface area contributed by atoms with Crippen molar-refractivity contribution in [2.75, 3.05) is 13.1 Å². The van der Waals surface area contributed by atoms with Gasteiger partial charge in [0.05, 0.1) is 12.2 Å². The van der Waals surface area contributed by atoms with Gasteiger partial charge in [0.2, 0.25) is 0 Å². The molecule has 1 saturated heterocycles. The summed E-state index contributed by atoms with van der Waals surface area (Å²) in [5.74, 6) is 2.57. The van der Waals surface area contributed by atoms with E-state index in [1.54, 1.807) is 0 Å². The zero-order valence-electron chi connectivity index (χ0n) is 8.18. The summed E-state index contributed by atoms with van der Waals surface area (Å²) in [7, 11) is 0. The lowest BCUT2D eigenvalue weighted by molar-refractivity contribution is 0.359. The van der Waals surface area contributed by atoms with Crippen molar-refractivity contribution in [3.63, 3.8) is 0 Å². The lowest BCUT2D eigenvalue weighted by atomic mass is 9.98. The van der Waals surface area contributed by atoms with Crippen LogP contribution in [0.15, 0.2) is 4.42 Å². The van der Waals surface area contributed by atoms with E-state index in [1.807, 2.05) is 0 Å². The van der Waals surface area contributed by atoms with Gasteiger partial charge in [-0.05, 0) is 25.9 Å². The quantitative estimate of drug-likeness (QED) is 0.691. The molecule has 4 nitrogen and oxygen atoms in total. The lowest BCUT2D eigenvalue weighted by Crippen LogP contribution is -2.26. The maximum atomic E-state index is 5.76. The molecule has 0 amide bonds. The smallest absolute Gasteiger partial charge is 0.197 e. The van der Waals surface area contributed by atoms with Crippen molar-refractivity contribution in [2.24, 2.45) is 0 Å². The first-order valence-electron chi connectivity index (χ1n) is 5.33. The van der Waals surface area contributed by atoms with Crippen LogP contribution in [0.3, 0.4) is 0 Å². The zero-order chi connectivity index (χ0) is 9.38. The number of fused-ring (bicyclic) bond motifs is 1. The van der Waals surface area contributed by atoms with Gasteiger partial charge >= 0.3 is 0 Å². The molecule has 2 aliphatic rings. The van der Waals surface area contributed by atoms with E-state index in [1.165, 1.54) is 0 Å². The zero-order valence-corrected chi connectivity index (χ0v) is 8.18. The summed E-state index contributed by atoms with van der Waals surface area (Å²) < 4.78 is 5.76. The molecule has 4 heteroatoms. The van der Waals surface area contributed by atoms with Crippen molar-refractivity contribution < 1.29 is 4.42 Å². The van der Waals surface area contributed by atoms with Crippen molar-refractivity contribution in [1.82, 2.24) is 15.6 Å². The topological polar surface area (TPSA) is 50.1 Å². The van der Waals surface area contributed by atoms with Crippen molar-refractivity contribution in [3.05, 3.63) is 17.3 Å². The number of nitrogens with one attached hydrogen (secondary N) is 2. The monoisotopic (exact) mass is 193 g/mol. The summed E-state index contributed by atoms with van der Waals surface area (Å²) >= 11 is 0. The summed E-state index contributed by atoms with van der Waals surface area (Å²) in [5.41, 5.74) is 1.12. The highest BCUT2D eigenvalue weighted by Gasteiger charge is 2.24. The maximum absolute atomic E-state index is 5.76. The van der Waals surface area contributed by atoms with Crippen molar-refractivity contribution in [3.8, 4) is 0 Å². The Morgan fingerprint density at radius 2 is 2.00 bits per heavy atom. The lowest BCUT2D eigenvalue weighted by Gasteiger charge is -2.19. The largest absolute Gasteiger partial charge is 0.444 e. The van der Waals surface area contributed by atoms with Crippen molar-refractivity contribution in [1.29, 1.82) is 0 Å². The molecule has 0 atom stereocenters. The van der Waals surface area contributed by atoms with E-state index < -0.39 is 0 Å². The minimum atomic E-state index is 0.543. The number of hydrogen-bond acceptors (Lipinski definition) is 4. The van der Waals surface area contributed by atoms with Crippen molar-refractivity contribution >= 4 is 0 Å². The number of hydrogen-bond donors (Lipinski definition) is 2. The fourth-order valence-electron chi connectivity index (χ4n) is 2.22. The Bertz CT molecular complexity index is 307. The van der Waals surface area contributed by atoms with Gasteiger partial charge in [-0.2, -0.15) is 0 Å². The summed E-state index contributed by atoms with van der Waals surface area (Å²) in [4.78, 5) is 4.56. The van der Waals surface area contributed by atoms with Crippen LogP contribution in [0.25, 0.3) is 0 Å². The van der Waals surface area contributed by atoms with Gasteiger partial charge in [0.15, 0.2) is 5.89 Å². The van der Waals surface area contributed by atoms with Gasteiger partial charge in [0.1, 0.15) is 5.76 Å². The van der Waals surface area contributed by atoms with Gasteiger partial charge in [-0.3, -0.25) is 0 Å². The number of oxazole rings is 1. The highest BCUT2D eigenvalue weighted by atomic mass is 16.4. The first-order valence-corrected chi connectivity index (χ1v) is 5.33. The van der Waals surface area contributed by atoms with Crippen LogP contribution in [-0.4, -0.2) is 18.1 Å². The van der Waals surface area contributed by atoms with E-state index in [4.69, 9.17) is 4.42 Å². The summed E-state index contributed by atoms with van der Waals surface area (Å²) in [6, 6.07) is 0. The predicted octanol–water partition coefficient (Wildman–Crippen LogP) is 0.745. The molecule has 0 radical (unpaired) electrons. The molecule has 3 heterocycles. The van der Waals surface area contributed by atoms with Crippen LogP contribution in [0, 0.1) is 0 Å². The third kappa shape index (κ3) is 1.35. The molecule has 0 aromatic carbocycles. The van der Waals surface area contributed by atoms with Gasteiger partial charge in [0.25, 0.3) is 0 Å². The molecular weight excluding hydrogens is 178 g/mol. The first-order chi connectivity index (χ1) is 6.93. The Balaban J connectivity index is 1.82. The van der Waals surface area contributed by atoms with Crippen LogP contribution >= 0.6 is 0 Å². The Morgan fingerprint density at radius 3 is 2.79 bits per heavy atom. The molecule has 0 saturated carbocycles. The standard InChI is InChI=1S/C10H15N3O/c1-3-11-4-2-7(1)10-13-8-5-12-6-9(8)14-10/h7,11-12H,1-6H2. The van der Waals surface area contributed by atoms with Gasteiger partial charge in [0, 0.05) is 12.5 Å². The third-order valence-electron chi connectivity index (χ3n) is 3.06. The highest BCUT2D eigenvalue weighted by Crippen LogP contribution is 2.27. The van der Waals surface area contributed by atoms with E-state index in [-0.39, 0.29) is 0 Å². The fourth-order valence-corrected chi connectivity index (χ4v) is 2.22. The number of nitrogens with zero attached hydrogens (tertiary/aromatic N) is 1. The second-order valence-corrected chi connectivity index (χ2v) is 4.05. The number of rotatable bonds is 1. The Labute approximate surface area is 83.1 Å². The molecule has 1 aromatic heterocycles. The van der Waals surface area contributed by atoms with Crippen LogP contribution in [-0.2, 0) is 13.1 Å². The summed E-state index contributed by atoms with van der Waals surface area (Å²) in [5, 5.41) is 6.58. The Hall–Kier alpha value is -0.870. The molecule has 1 aromatic rings. The molecular formula is C10H15N3O. The molecule has 0 spiro atoms. The van der Waals surface area contributed by atoms with E-state index in [0.717, 1.165) is 56.4 Å². The van der Waals surface area contributed by atoms with Crippen LogP contribution in [0.1, 0.15) is 36.1 Å². The summed E-state index contributed by atoms with van der Waals surface area (Å²) in [6.07, 6.45) is 2.32. The minimum Gasteiger partial charge on any atom is -0.444 e. The molecule has 3 rings (SSSR count). The van der Waals surface area contributed by atoms with Crippen LogP contribution in [0.5, 0.6) is 0 Å². The van der Waals surface area contributed by atoms with Crippen LogP contribution < -0.4 is 10.6 Å². The predicted molar refractivity (Wildman–Crippen MR) is 51.9 cm³/mol. The van der Waals surface area contributed by atoms with Gasteiger partial charge in [-0.15, -0.1) is 0 Å². The molecule has 76 valence electrons. The molecule has 14 heavy (non-hydrogen) atoms. The second-order valence-electron chi connectivity index (χ2n) is 4.05. The van der Waals surface area contributed by atoms with Gasteiger partial charge < -0.3 is 15.1 Å². The first kappa shape index (κ1) is 8.44. The normalized spacial score (nSPS) is 22.6. The molecule has 2 aliphatic heterocycles. The van der Waals surface area contributed by atoms with E-state index in [2.05, 4.69) is 15.6 Å². The molecule has 0 aliphatic carbocycles. The van der Waals surface area contributed by atoms with E-state index in [9.17, 15) is 0 Å². The second kappa shape index (κ2) is 3.37. The van der Waals surface area contributed by atoms with Crippen molar-refractivity contribution in [2.45, 2.75) is 31.8 Å². The highest BCUT2D eigenvalue weighted by molar-refractivity contribution is 5.15. The van der Waals surface area contributed by atoms with E-state index in [0.29, 0.717) is 5.92 Å². The number of aromatic nitrogens is 1. The van der Waals surface area contributed by atoms with Crippen LogP contribution in [0.2, 0.25) is 0 Å². The molecule has 0 bridgehead atoms. The summed E-state index contributed by atoms with van der Waals surface area (Å²) in [6.45, 7) is 3.92. The fraction of sp³-hybridized carbons (Fsp3) is 0.700. The maximum Gasteiger partial charge on any atom is 0.197 e. The minimum absolute atomic E-state index is 0.543. The number of piperidine rings is 1. The SMILES string of the molecule is C1CC(c2nc3c(o2)CNC3)CCN1. The van der Waals surface area contributed by atoms with Gasteiger partial charge in [-0.1, -0.05) is 0 Å².